The molecule has 0 rings (SSSR count). The van der Waals surface area contributed by atoms with Crippen LogP contribution in [0, 0.1) is 23.2 Å². The van der Waals surface area contributed by atoms with Crippen molar-refractivity contribution in [3.8, 4) is 0 Å². The molecule has 21 heavy (non-hydrogen) atoms. The molecular weight excluding hydrogens is 252 g/mol. The number of hydrogen-bond acceptors (Lipinski definition) is 0. The van der Waals surface area contributed by atoms with Crippen LogP contribution in [0.3, 0.4) is 0 Å². The highest BCUT2D eigenvalue weighted by Gasteiger charge is 2.25. The smallest absolute Gasteiger partial charge is 0.0354 e. The molecule has 0 aromatic heterocycles. The summed E-state index contributed by atoms with van der Waals surface area (Å²) in [7, 11) is 0. The SMILES string of the molecule is CCCC(C)CCCCC(CC)C(CC)CC(C)(C)CC. The van der Waals surface area contributed by atoms with Crippen molar-refractivity contribution in [2.24, 2.45) is 23.2 Å². The van der Waals surface area contributed by atoms with Crippen molar-refractivity contribution in [1.29, 1.82) is 0 Å². The maximum atomic E-state index is 2.45. The van der Waals surface area contributed by atoms with Crippen LogP contribution in [-0.2, 0) is 0 Å². The molecule has 3 unspecified atom stereocenters. The van der Waals surface area contributed by atoms with Gasteiger partial charge in [0.25, 0.3) is 0 Å². The van der Waals surface area contributed by atoms with Crippen molar-refractivity contribution in [2.45, 2.75) is 113 Å². The van der Waals surface area contributed by atoms with E-state index in [1.807, 2.05) is 0 Å². The highest BCUT2D eigenvalue weighted by Crippen LogP contribution is 2.37. The summed E-state index contributed by atoms with van der Waals surface area (Å²) >= 11 is 0. The predicted molar refractivity (Wildman–Crippen MR) is 98.8 cm³/mol. The van der Waals surface area contributed by atoms with E-state index in [9.17, 15) is 0 Å². The first-order chi connectivity index (χ1) is 9.90. The van der Waals surface area contributed by atoms with E-state index in [1.165, 1.54) is 64.2 Å². The second-order valence-corrected chi connectivity index (χ2v) is 8.24. The second-order valence-electron chi connectivity index (χ2n) is 8.24. The van der Waals surface area contributed by atoms with Gasteiger partial charge in [-0.1, -0.05) is 106 Å². The molecule has 0 heterocycles. The third-order valence-electron chi connectivity index (χ3n) is 5.79. The lowest BCUT2D eigenvalue weighted by molar-refractivity contribution is 0.181. The van der Waals surface area contributed by atoms with Gasteiger partial charge in [-0.3, -0.25) is 0 Å². The van der Waals surface area contributed by atoms with Gasteiger partial charge in [-0.2, -0.15) is 0 Å². The van der Waals surface area contributed by atoms with E-state index in [0.29, 0.717) is 5.41 Å². The van der Waals surface area contributed by atoms with Gasteiger partial charge in [0.1, 0.15) is 0 Å². The van der Waals surface area contributed by atoms with E-state index in [2.05, 4.69) is 48.5 Å². The molecule has 128 valence electrons. The lowest BCUT2D eigenvalue weighted by Gasteiger charge is -2.33. The molecule has 0 heteroatoms. The van der Waals surface area contributed by atoms with Gasteiger partial charge in [0.2, 0.25) is 0 Å². The van der Waals surface area contributed by atoms with E-state index < -0.39 is 0 Å². The standard InChI is InChI=1S/C21H44/c1-8-14-18(5)15-12-13-16-19(9-2)20(10-3)17-21(6,7)11-4/h18-20H,8-17H2,1-7H3. The second kappa shape index (κ2) is 11.6. The van der Waals surface area contributed by atoms with Crippen molar-refractivity contribution in [3.63, 3.8) is 0 Å². The minimum absolute atomic E-state index is 0.531. The molecule has 0 spiro atoms. The summed E-state index contributed by atoms with van der Waals surface area (Å²) in [6, 6.07) is 0. The van der Waals surface area contributed by atoms with Crippen molar-refractivity contribution < 1.29 is 0 Å². The third kappa shape index (κ3) is 9.59. The summed E-state index contributed by atoms with van der Waals surface area (Å²) in [6.45, 7) is 16.8. The average Bonchev–Trinajstić information content (AvgIpc) is 2.45. The zero-order valence-electron chi connectivity index (χ0n) is 16.3. The molecule has 3 atom stereocenters. The van der Waals surface area contributed by atoms with Crippen LogP contribution < -0.4 is 0 Å². The Morgan fingerprint density at radius 3 is 1.81 bits per heavy atom. The fourth-order valence-electron chi connectivity index (χ4n) is 3.81. The molecule has 0 aromatic carbocycles. The van der Waals surface area contributed by atoms with Crippen LogP contribution in [0.15, 0.2) is 0 Å². The lowest BCUT2D eigenvalue weighted by atomic mass is 9.73. The Hall–Kier alpha value is 0. The summed E-state index contributed by atoms with van der Waals surface area (Å²) in [5.74, 6) is 2.84. The maximum absolute atomic E-state index is 2.45. The van der Waals surface area contributed by atoms with E-state index in [1.54, 1.807) is 0 Å². The van der Waals surface area contributed by atoms with Crippen LogP contribution in [0.1, 0.15) is 113 Å². The first-order valence-corrected chi connectivity index (χ1v) is 9.90. The van der Waals surface area contributed by atoms with Gasteiger partial charge in [0.05, 0.1) is 0 Å². The van der Waals surface area contributed by atoms with Gasteiger partial charge < -0.3 is 0 Å². The summed E-state index contributed by atoms with van der Waals surface area (Å²) in [4.78, 5) is 0. The zero-order chi connectivity index (χ0) is 16.3. The van der Waals surface area contributed by atoms with E-state index in [-0.39, 0.29) is 0 Å². The summed E-state index contributed by atoms with van der Waals surface area (Å²) in [6.07, 6.45) is 14.1. The van der Waals surface area contributed by atoms with E-state index >= 15 is 0 Å². The first-order valence-electron chi connectivity index (χ1n) is 9.90. The highest BCUT2D eigenvalue weighted by molar-refractivity contribution is 4.76. The molecular formula is C21H44. The Labute approximate surface area is 136 Å². The van der Waals surface area contributed by atoms with Crippen molar-refractivity contribution in [1.82, 2.24) is 0 Å². The predicted octanol–water partition coefficient (Wildman–Crippen LogP) is 7.86. The third-order valence-corrected chi connectivity index (χ3v) is 5.79. The molecule has 0 saturated carbocycles. The normalized spacial score (nSPS) is 16.7. The number of hydrogen-bond donors (Lipinski definition) is 0. The fourth-order valence-corrected chi connectivity index (χ4v) is 3.81. The molecule has 0 aliphatic carbocycles. The van der Waals surface area contributed by atoms with Crippen molar-refractivity contribution in [2.75, 3.05) is 0 Å². The Bertz CT molecular complexity index is 228. The summed E-state index contributed by atoms with van der Waals surface area (Å²) < 4.78 is 0. The quantitative estimate of drug-likeness (QED) is 0.303. The average molecular weight is 297 g/mol. The molecule has 0 fully saturated rings. The minimum atomic E-state index is 0.531. The fraction of sp³-hybridized carbons (Fsp3) is 1.00. The van der Waals surface area contributed by atoms with Crippen molar-refractivity contribution >= 4 is 0 Å². The summed E-state index contributed by atoms with van der Waals surface area (Å²) in [5, 5.41) is 0. The molecule has 0 N–H and O–H groups in total. The minimum Gasteiger partial charge on any atom is -0.0654 e. The molecule has 0 amide bonds. The highest BCUT2D eigenvalue weighted by atomic mass is 14.3. The molecule has 0 aliphatic heterocycles. The van der Waals surface area contributed by atoms with Crippen LogP contribution in [-0.4, -0.2) is 0 Å². The van der Waals surface area contributed by atoms with Crippen LogP contribution >= 0.6 is 0 Å². The zero-order valence-corrected chi connectivity index (χ0v) is 16.3. The van der Waals surface area contributed by atoms with Gasteiger partial charge in [-0.25, -0.2) is 0 Å². The van der Waals surface area contributed by atoms with Crippen LogP contribution in [0.25, 0.3) is 0 Å². The largest absolute Gasteiger partial charge is 0.0654 e. The van der Waals surface area contributed by atoms with Gasteiger partial charge in [0, 0.05) is 0 Å². The Morgan fingerprint density at radius 1 is 0.762 bits per heavy atom. The van der Waals surface area contributed by atoms with Gasteiger partial charge in [0.15, 0.2) is 0 Å². The monoisotopic (exact) mass is 296 g/mol. The molecule has 0 bridgehead atoms. The van der Waals surface area contributed by atoms with Crippen LogP contribution in [0.5, 0.6) is 0 Å². The van der Waals surface area contributed by atoms with Crippen molar-refractivity contribution in [3.05, 3.63) is 0 Å². The molecule has 0 nitrogen and oxygen atoms in total. The summed E-state index contributed by atoms with van der Waals surface area (Å²) in [5.41, 5.74) is 0.531. The Kier molecular flexibility index (Phi) is 11.6. The molecule has 0 saturated heterocycles. The number of rotatable bonds is 13. The molecule has 0 radical (unpaired) electrons. The molecule has 0 aliphatic rings. The first kappa shape index (κ1) is 21.0. The van der Waals surface area contributed by atoms with E-state index in [0.717, 1.165) is 17.8 Å². The van der Waals surface area contributed by atoms with Gasteiger partial charge in [-0.15, -0.1) is 0 Å². The van der Waals surface area contributed by atoms with E-state index in [4.69, 9.17) is 0 Å². The topological polar surface area (TPSA) is 0 Å². The number of unbranched alkanes of at least 4 members (excludes halogenated alkanes) is 1. The van der Waals surface area contributed by atoms with Crippen LogP contribution in [0.4, 0.5) is 0 Å². The Morgan fingerprint density at radius 2 is 1.33 bits per heavy atom. The lowest BCUT2D eigenvalue weighted by Crippen LogP contribution is -2.22. The maximum Gasteiger partial charge on any atom is -0.0354 e. The van der Waals surface area contributed by atoms with Crippen LogP contribution in [0.2, 0.25) is 0 Å². The van der Waals surface area contributed by atoms with Gasteiger partial charge >= 0.3 is 0 Å². The molecule has 0 aromatic rings. The van der Waals surface area contributed by atoms with Gasteiger partial charge in [-0.05, 0) is 29.6 Å². The Balaban J connectivity index is 4.16.